The van der Waals surface area contributed by atoms with Gasteiger partial charge in [0.05, 0.1) is 11.1 Å². The minimum atomic E-state index is -0.230. The summed E-state index contributed by atoms with van der Waals surface area (Å²) >= 11 is 0. The lowest BCUT2D eigenvalue weighted by Gasteiger charge is -2.29. The van der Waals surface area contributed by atoms with Gasteiger partial charge in [0, 0.05) is 17.0 Å². The maximum atomic E-state index is 13.1. The summed E-state index contributed by atoms with van der Waals surface area (Å²) in [4.78, 5) is 25.8. The molecule has 5 heteroatoms. The highest BCUT2D eigenvalue weighted by Crippen LogP contribution is 2.28. The van der Waals surface area contributed by atoms with Crippen molar-refractivity contribution in [1.29, 1.82) is 0 Å². The number of aromatic nitrogens is 2. The van der Waals surface area contributed by atoms with E-state index in [2.05, 4.69) is 35.5 Å². The van der Waals surface area contributed by atoms with Crippen LogP contribution < -0.4 is 10.9 Å². The molecule has 1 saturated carbocycles. The van der Waals surface area contributed by atoms with Crippen molar-refractivity contribution < 1.29 is 4.79 Å². The van der Waals surface area contributed by atoms with E-state index in [0.717, 1.165) is 47.0 Å². The molecule has 156 valence electrons. The Balaban J connectivity index is 1.73. The van der Waals surface area contributed by atoms with Crippen LogP contribution in [0.25, 0.3) is 22.0 Å². The number of amides is 1. The first kappa shape index (κ1) is 20.3. The first-order valence-corrected chi connectivity index (χ1v) is 10.8. The summed E-state index contributed by atoms with van der Waals surface area (Å²) in [5, 5.41) is 9.20. The molecule has 30 heavy (non-hydrogen) atoms. The Kier molecular flexibility index (Phi) is 5.71. The zero-order valence-electron chi connectivity index (χ0n) is 17.9. The van der Waals surface area contributed by atoms with Crippen molar-refractivity contribution in [1.82, 2.24) is 15.1 Å². The average Bonchev–Trinajstić information content (AvgIpc) is 2.74. The lowest BCUT2D eigenvalue weighted by molar-refractivity contribution is -0.123. The van der Waals surface area contributed by atoms with E-state index in [1.807, 2.05) is 38.1 Å². The Morgan fingerprint density at radius 3 is 2.60 bits per heavy atom. The molecule has 0 saturated heterocycles. The fourth-order valence-electron chi connectivity index (χ4n) is 4.45. The number of fused-ring (bicyclic) bond motifs is 1. The van der Waals surface area contributed by atoms with Gasteiger partial charge in [-0.15, -0.1) is 0 Å². The first-order chi connectivity index (χ1) is 14.4. The van der Waals surface area contributed by atoms with Gasteiger partial charge < -0.3 is 5.32 Å². The average molecular weight is 404 g/mol. The van der Waals surface area contributed by atoms with Crippen molar-refractivity contribution in [2.24, 2.45) is 5.92 Å². The van der Waals surface area contributed by atoms with Crippen LogP contribution in [-0.2, 0) is 11.3 Å². The van der Waals surface area contributed by atoms with Crippen molar-refractivity contribution in [3.05, 3.63) is 63.9 Å². The van der Waals surface area contributed by atoms with Gasteiger partial charge in [0.15, 0.2) is 0 Å². The zero-order valence-corrected chi connectivity index (χ0v) is 17.9. The van der Waals surface area contributed by atoms with E-state index < -0.39 is 0 Å². The maximum absolute atomic E-state index is 13.1. The highest BCUT2D eigenvalue weighted by molar-refractivity contribution is 5.94. The highest BCUT2D eigenvalue weighted by Gasteiger charge is 2.23. The molecule has 0 spiro atoms. The second-order valence-electron chi connectivity index (χ2n) is 8.61. The zero-order chi connectivity index (χ0) is 21.3. The van der Waals surface area contributed by atoms with Gasteiger partial charge in [-0.25, -0.2) is 4.68 Å². The molecule has 1 aliphatic carbocycles. The summed E-state index contributed by atoms with van der Waals surface area (Å²) in [5.41, 5.74) is 3.71. The molecule has 1 amide bonds. The molecule has 0 radical (unpaired) electrons. The predicted octanol–water partition coefficient (Wildman–Crippen LogP) is 4.38. The Morgan fingerprint density at radius 1 is 1.10 bits per heavy atom. The van der Waals surface area contributed by atoms with Crippen LogP contribution in [0.2, 0.25) is 0 Å². The molecular formula is C25H29N3O2. The normalized spacial score (nSPS) is 19.0. The van der Waals surface area contributed by atoms with E-state index in [4.69, 9.17) is 0 Å². The number of rotatable bonds is 4. The molecule has 1 aliphatic rings. The van der Waals surface area contributed by atoms with Crippen LogP contribution in [0.5, 0.6) is 0 Å². The molecule has 0 bridgehead atoms. The third-order valence-corrected chi connectivity index (χ3v) is 6.27. The molecule has 0 unspecified atom stereocenters. The summed E-state index contributed by atoms with van der Waals surface area (Å²) < 4.78 is 1.32. The third kappa shape index (κ3) is 4.02. The van der Waals surface area contributed by atoms with E-state index in [-0.39, 0.29) is 24.1 Å². The third-order valence-electron chi connectivity index (χ3n) is 6.27. The van der Waals surface area contributed by atoms with Gasteiger partial charge in [0.25, 0.3) is 5.56 Å². The van der Waals surface area contributed by atoms with E-state index in [1.165, 1.54) is 11.1 Å². The number of hydrogen-bond acceptors (Lipinski definition) is 3. The van der Waals surface area contributed by atoms with Crippen molar-refractivity contribution in [3.63, 3.8) is 0 Å². The standard InChI is InChI=1S/C25H29N3O2/c1-16-12-13-17(2)21(14-16)24-19-9-5-6-10-20(19)25(30)28(27-24)15-23(29)26-22-11-7-4-8-18(22)3/h5-6,9-10,12-14,18,22H,4,7-8,11,15H2,1-3H3,(H,26,29)/t18-,22-/m0/s1. The number of hydrogen-bond donors (Lipinski definition) is 1. The van der Waals surface area contributed by atoms with Gasteiger partial charge in [0.2, 0.25) is 5.91 Å². The summed E-state index contributed by atoms with van der Waals surface area (Å²) in [5.74, 6) is 0.319. The lowest BCUT2D eigenvalue weighted by Crippen LogP contribution is -2.43. The van der Waals surface area contributed by atoms with Crippen molar-refractivity contribution in [2.75, 3.05) is 0 Å². The molecular weight excluding hydrogens is 374 g/mol. The molecule has 1 fully saturated rings. The van der Waals surface area contributed by atoms with Gasteiger partial charge in [0.1, 0.15) is 6.54 Å². The summed E-state index contributed by atoms with van der Waals surface area (Å²) in [6, 6.07) is 13.9. The molecule has 1 N–H and O–H groups in total. The van der Waals surface area contributed by atoms with Crippen LogP contribution in [0.3, 0.4) is 0 Å². The Morgan fingerprint density at radius 2 is 1.83 bits per heavy atom. The van der Waals surface area contributed by atoms with Gasteiger partial charge >= 0.3 is 0 Å². The number of nitrogens with one attached hydrogen (secondary N) is 1. The summed E-state index contributed by atoms with van der Waals surface area (Å²) in [7, 11) is 0. The lowest BCUT2D eigenvalue weighted by atomic mass is 9.86. The predicted molar refractivity (Wildman–Crippen MR) is 120 cm³/mol. The molecule has 2 aromatic carbocycles. The van der Waals surface area contributed by atoms with Crippen molar-refractivity contribution in [3.8, 4) is 11.3 Å². The Bertz CT molecular complexity index is 1150. The van der Waals surface area contributed by atoms with Crippen LogP contribution in [0, 0.1) is 19.8 Å². The fraction of sp³-hybridized carbons (Fsp3) is 0.400. The number of carbonyl (C=O) groups excluding carboxylic acids is 1. The fourth-order valence-corrected chi connectivity index (χ4v) is 4.45. The summed E-state index contributed by atoms with van der Waals surface area (Å²) in [6.07, 6.45) is 4.50. The van der Waals surface area contributed by atoms with Crippen LogP contribution in [0.15, 0.2) is 47.3 Å². The van der Waals surface area contributed by atoms with Crippen molar-refractivity contribution in [2.45, 2.75) is 59.0 Å². The van der Waals surface area contributed by atoms with Crippen molar-refractivity contribution >= 4 is 16.7 Å². The SMILES string of the molecule is Cc1ccc(C)c(-c2nn(CC(=O)N[C@H]3CCCC[C@@H]3C)c(=O)c3ccccc23)c1. The minimum Gasteiger partial charge on any atom is -0.351 e. The van der Waals surface area contributed by atoms with E-state index in [9.17, 15) is 9.59 Å². The van der Waals surface area contributed by atoms with Gasteiger partial charge in [-0.1, -0.05) is 55.7 Å². The Hall–Kier alpha value is -2.95. The number of aryl methyl sites for hydroxylation is 2. The van der Waals surface area contributed by atoms with E-state index >= 15 is 0 Å². The van der Waals surface area contributed by atoms with Gasteiger partial charge in [-0.3, -0.25) is 9.59 Å². The van der Waals surface area contributed by atoms with E-state index in [1.54, 1.807) is 0 Å². The molecule has 1 aromatic heterocycles. The first-order valence-electron chi connectivity index (χ1n) is 10.8. The topological polar surface area (TPSA) is 64.0 Å². The van der Waals surface area contributed by atoms with E-state index in [0.29, 0.717) is 11.3 Å². The number of benzene rings is 2. The second-order valence-corrected chi connectivity index (χ2v) is 8.61. The van der Waals surface area contributed by atoms with Crippen LogP contribution in [0.1, 0.15) is 43.7 Å². The maximum Gasteiger partial charge on any atom is 0.275 e. The monoisotopic (exact) mass is 403 g/mol. The largest absolute Gasteiger partial charge is 0.351 e. The Labute approximate surface area is 177 Å². The van der Waals surface area contributed by atoms with Crippen LogP contribution in [0.4, 0.5) is 0 Å². The highest BCUT2D eigenvalue weighted by atomic mass is 16.2. The molecule has 0 aliphatic heterocycles. The second kappa shape index (κ2) is 8.42. The van der Waals surface area contributed by atoms with Gasteiger partial charge in [-0.2, -0.15) is 5.10 Å². The molecule has 1 heterocycles. The van der Waals surface area contributed by atoms with Gasteiger partial charge in [-0.05, 0) is 50.3 Å². The summed E-state index contributed by atoms with van der Waals surface area (Å²) in [6.45, 7) is 6.20. The number of carbonyl (C=O) groups is 1. The minimum absolute atomic E-state index is 0.0647. The molecule has 5 nitrogen and oxygen atoms in total. The van der Waals surface area contributed by atoms with Crippen LogP contribution in [-0.4, -0.2) is 21.7 Å². The smallest absolute Gasteiger partial charge is 0.275 e. The molecule has 2 atom stereocenters. The molecule has 3 aromatic rings. The number of nitrogens with zero attached hydrogens (tertiary/aromatic N) is 2. The van der Waals surface area contributed by atoms with Crippen LogP contribution >= 0.6 is 0 Å². The quantitative estimate of drug-likeness (QED) is 0.703. The molecule has 4 rings (SSSR count).